The van der Waals surface area contributed by atoms with Gasteiger partial charge in [0.1, 0.15) is 15.4 Å². The maximum absolute atomic E-state index is 11.1. The van der Waals surface area contributed by atoms with Crippen molar-refractivity contribution in [2.24, 2.45) is 0 Å². The van der Waals surface area contributed by atoms with Crippen molar-refractivity contribution in [2.45, 2.75) is 36.5 Å². The molecule has 0 saturated heterocycles. The van der Waals surface area contributed by atoms with Crippen LogP contribution in [0.25, 0.3) is 0 Å². The summed E-state index contributed by atoms with van der Waals surface area (Å²) in [6, 6.07) is 0. The molecular formula is C8H14O4S. The molecule has 1 aliphatic carbocycles. The van der Waals surface area contributed by atoms with E-state index in [1.54, 1.807) is 0 Å². The van der Waals surface area contributed by atoms with Crippen LogP contribution in [0.4, 0.5) is 0 Å². The molecule has 1 aliphatic rings. The first-order chi connectivity index (χ1) is 5.87. The van der Waals surface area contributed by atoms with E-state index in [1.165, 1.54) is 6.26 Å². The van der Waals surface area contributed by atoms with Crippen LogP contribution in [0.2, 0.25) is 0 Å². The highest BCUT2D eigenvalue weighted by atomic mass is 32.2. The lowest BCUT2D eigenvalue weighted by Gasteiger charge is -2.30. The molecule has 1 N–H and O–H groups in total. The highest BCUT2D eigenvalue weighted by molar-refractivity contribution is 7.91. The Labute approximate surface area is 77.9 Å². The van der Waals surface area contributed by atoms with Crippen molar-refractivity contribution in [1.82, 2.24) is 0 Å². The maximum Gasteiger partial charge on any atom is 0.151 e. The van der Waals surface area contributed by atoms with E-state index in [1.807, 2.05) is 0 Å². The predicted molar refractivity (Wildman–Crippen MR) is 48.1 cm³/mol. The Hall–Kier alpha value is -0.420. The molecule has 76 valence electrons. The minimum Gasteiger partial charge on any atom is -0.382 e. The van der Waals surface area contributed by atoms with Gasteiger partial charge in [-0.15, -0.1) is 0 Å². The zero-order chi connectivity index (χ0) is 10.1. The van der Waals surface area contributed by atoms with E-state index in [4.69, 9.17) is 0 Å². The molecule has 1 rings (SSSR count). The van der Waals surface area contributed by atoms with Gasteiger partial charge in [-0.25, -0.2) is 8.42 Å². The van der Waals surface area contributed by atoms with Crippen LogP contribution in [0.15, 0.2) is 0 Å². The van der Waals surface area contributed by atoms with E-state index >= 15 is 0 Å². The first kappa shape index (κ1) is 10.7. The lowest BCUT2D eigenvalue weighted by Crippen LogP contribution is -2.39. The minimum atomic E-state index is -3.01. The zero-order valence-electron chi connectivity index (χ0n) is 7.56. The fourth-order valence-electron chi connectivity index (χ4n) is 1.64. The lowest BCUT2D eigenvalue weighted by atomic mass is 9.86. The number of aliphatic hydroxyl groups is 1. The molecule has 0 heterocycles. The van der Waals surface area contributed by atoms with E-state index in [-0.39, 0.29) is 18.1 Å². The minimum absolute atomic E-state index is 0.258. The van der Waals surface area contributed by atoms with Crippen LogP contribution in [-0.2, 0) is 14.6 Å². The molecule has 0 bridgehead atoms. The highest BCUT2D eigenvalue weighted by Gasteiger charge is 2.36. The van der Waals surface area contributed by atoms with E-state index in [0.717, 1.165) is 0 Å². The topological polar surface area (TPSA) is 71.4 Å². The van der Waals surface area contributed by atoms with E-state index in [9.17, 15) is 18.3 Å². The number of hydrogen-bond acceptors (Lipinski definition) is 4. The molecule has 0 aromatic rings. The molecule has 0 unspecified atom stereocenters. The van der Waals surface area contributed by atoms with Crippen LogP contribution in [0.5, 0.6) is 0 Å². The van der Waals surface area contributed by atoms with Crippen LogP contribution in [0, 0.1) is 0 Å². The van der Waals surface area contributed by atoms with Gasteiger partial charge >= 0.3 is 0 Å². The van der Waals surface area contributed by atoms with Crippen molar-refractivity contribution < 1.29 is 18.3 Å². The number of rotatable bonds is 2. The summed E-state index contributed by atoms with van der Waals surface area (Å²) in [6.07, 6.45) is 3.00. The number of carbonyl (C=O) groups is 1. The zero-order valence-corrected chi connectivity index (χ0v) is 8.38. The van der Waals surface area contributed by atoms with Crippen LogP contribution >= 0.6 is 0 Å². The molecule has 0 radical (unpaired) electrons. The average Bonchev–Trinajstić information content (AvgIpc) is 2.04. The average molecular weight is 206 g/mol. The van der Waals surface area contributed by atoms with Gasteiger partial charge in [0.15, 0.2) is 6.29 Å². The monoisotopic (exact) mass is 206 g/mol. The van der Waals surface area contributed by atoms with Gasteiger partial charge < -0.3 is 9.90 Å². The van der Waals surface area contributed by atoms with Crippen molar-refractivity contribution in [1.29, 1.82) is 0 Å². The number of hydrogen-bond donors (Lipinski definition) is 1. The van der Waals surface area contributed by atoms with Gasteiger partial charge in [0.25, 0.3) is 0 Å². The summed E-state index contributed by atoms with van der Waals surface area (Å²) in [4.78, 5) is 10.4. The molecular weight excluding hydrogens is 192 g/mol. The second-order valence-electron chi connectivity index (χ2n) is 3.75. The Morgan fingerprint density at radius 1 is 1.38 bits per heavy atom. The third-order valence-electron chi connectivity index (χ3n) is 2.62. The fraction of sp³-hybridized carbons (Fsp3) is 0.875. The third-order valence-corrected chi connectivity index (χ3v) is 4.31. The van der Waals surface area contributed by atoms with Crippen molar-refractivity contribution in [3.05, 3.63) is 0 Å². The number of aldehydes is 1. The van der Waals surface area contributed by atoms with Gasteiger partial charge in [-0.3, -0.25) is 0 Å². The summed E-state index contributed by atoms with van der Waals surface area (Å²) in [7, 11) is -3.01. The van der Waals surface area contributed by atoms with Gasteiger partial charge in [0.05, 0.1) is 5.25 Å². The fourth-order valence-corrected chi connectivity index (χ4v) is 2.73. The molecule has 4 nitrogen and oxygen atoms in total. The molecule has 13 heavy (non-hydrogen) atoms. The Balaban J connectivity index is 2.63. The second-order valence-corrected chi connectivity index (χ2v) is 6.08. The van der Waals surface area contributed by atoms with E-state index in [0.29, 0.717) is 19.1 Å². The largest absolute Gasteiger partial charge is 0.382 e. The van der Waals surface area contributed by atoms with Crippen molar-refractivity contribution in [3.63, 3.8) is 0 Å². The van der Waals surface area contributed by atoms with Crippen molar-refractivity contribution in [2.75, 3.05) is 6.26 Å². The first-order valence-corrected chi connectivity index (χ1v) is 6.20. The van der Waals surface area contributed by atoms with Crippen LogP contribution < -0.4 is 0 Å². The molecule has 0 aliphatic heterocycles. The Morgan fingerprint density at radius 3 is 2.15 bits per heavy atom. The molecule has 0 atom stereocenters. The Morgan fingerprint density at radius 2 is 1.85 bits per heavy atom. The van der Waals surface area contributed by atoms with E-state index < -0.39 is 15.4 Å². The lowest BCUT2D eigenvalue weighted by molar-refractivity contribution is -0.126. The van der Waals surface area contributed by atoms with Gasteiger partial charge in [0.2, 0.25) is 0 Å². The molecule has 1 fully saturated rings. The SMILES string of the molecule is CS(=O)(=O)C1CCC(O)(C=O)CC1. The summed E-state index contributed by atoms with van der Waals surface area (Å²) >= 11 is 0. The summed E-state index contributed by atoms with van der Waals surface area (Å²) in [5, 5.41) is 9.12. The van der Waals surface area contributed by atoms with Gasteiger partial charge in [-0.05, 0) is 25.7 Å². The third kappa shape index (κ3) is 2.51. The Bertz CT molecular complexity index is 285. The second kappa shape index (κ2) is 3.38. The van der Waals surface area contributed by atoms with Gasteiger partial charge in [0, 0.05) is 6.26 Å². The molecule has 5 heteroatoms. The van der Waals surface area contributed by atoms with Crippen molar-refractivity contribution >= 4 is 16.1 Å². The molecule has 1 saturated carbocycles. The van der Waals surface area contributed by atoms with Crippen LogP contribution in [-0.4, -0.2) is 36.9 Å². The van der Waals surface area contributed by atoms with Crippen LogP contribution in [0.3, 0.4) is 0 Å². The standard InChI is InChI=1S/C8H14O4S/c1-13(11,12)7-2-4-8(10,6-9)5-3-7/h6-7,10H,2-5H2,1H3. The Kier molecular flexibility index (Phi) is 2.77. The number of sulfone groups is 1. The summed E-state index contributed by atoms with van der Waals surface area (Å²) < 4.78 is 22.2. The maximum atomic E-state index is 11.1. The van der Waals surface area contributed by atoms with Crippen molar-refractivity contribution in [3.8, 4) is 0 Å². The van der Waals surface area contributed by atoms with Gasteiger partial charge in [-0.2, -0.15) is 0 Å². The quantitative estimate of drug-likeness (QED) is 0.641. The number of carbonyl (C=O) groups excluding carboxylic acids is 1. The predicted octanol–water partition coefficient (Wildman–Crippen LogP) is -0.0964. The normalized spacial score (nSPS) is 35.7. The molecule has 0 amide bonds. The molecule has 0 aromatic carbocycles. The van der Waals surface area contributed by atoms with Gasteiger partial charge in [-0.1, -0.05) is 0 Å². The smallest absolute Gasteiger partial charge is 0.151 e. The molecule has 0 spiro atoms. The summed E-state index contributed by atoms with van der Waals surface area (Å²) in [5.41, 5.74) is -1.28. The van der Waals surface area contributed by atoms with Crippen LogP contribution in [0.1, 0.15) is 25.7 Å². The van der Waals surface area contributed by atoms with E-state index in [2.05, 4.69) is 0 Å². The summed E-state index contributed by atoms with van der Waals surface area (Å²) in [5.74, 6) is 0. The highest BCUT2D eigenvalue weighted by Crippen LogP contribution is 2.29. The first-order valence-electron chi connectivity index (χ1n) is 4.25. The summed E-state index contributed by atoms with van der Waals surface area (Å²) in [6.45, 7) is 0. The molecule has 0 aromatic heterocycles.